The van der Waals surface area contributed by atoms with Crippen LogP contribution >= 0.6 is 0 Å². The van der Waals surface area contributed by atoms with E-state index in [0.29, 0.717) is 6.04 Å². The molecule has 1 N–H and O–H groups in total. The third-order valence-electron chi connectivity index (χ3n) is 2.37. The third kappa shape index (κ3) is 1.70. The van der Waals surface area contributed by atoms with Crippen molar-refractivity contribution in [3.05, 3.63) is 24.3 Å². The van der Waals surface area contributed by atoms with Gasteiger partial charge in [-0.25, -0.2) is 0 Å². The fourth-order valence-electron chi connectivity index (χ4n) is 1.70. The van der Waals surface area contributed by atoms with Crippen molar-refractivity contribution in [3.63, 3.8) is 0 Å². The zero-order valence-electron chi connectivity index (χ0n) is 8.12. The van der Waals surface area contributed by atoms with Crippen LogP contribution in [0.15, 0.2) is 18.6 Å². The topological polar surface area (TPSA) is 37.8 Å². The molecule has 13 heavy (non-hydrogen) atoms. The fraction of sp³-hybridized carbons (Fsp3) is 0.600. The molecule has 1 aromatic rings. The van der Waals surface area contributed by atoms with E-state index in [-0.39, 0.29) is 5.54 Å². The van der Waals surface area contributed by atoms with Crippen LogP contribution < -0.4 is 5.32 Å². The minimum atomic E-state index is 0.141. The second-order valence-electron chi connectivity index (χ2n) is 3.97. The van der Waals surface area contributed by atoms with Gasteiger partial charge >= 0.3 is 0 Å². The van der Waals surface area contributed by atoms with Crippen LogP contribution in [-0.4, -0.2) is 16.0 Å². The lowest BCUT2D eigenvalue weighted by Crippen LogP contribution is -2.35. The summed E-state index contributed by atoms with van der Waals surface area (Å²) in [6.45, 7) is 4.33. The van der Waals surface area contributed by atoms with Crippen molar-refractivity contribution in [2.45, 2.75) is 38.3 Å². The SMILES string of the molecule is CC(C)NC1(c2cnccn2)CC1. The van der Waals surface area contributed by atoms with Crippen LogP contribution in [0.3, 0.4) is 0 Å². The summed E-state index contributed by atoms with van der Waals surface area (Å²) in [5.41, 5.74) is 1.23. The molecular formula is C10H15N3. The average Bonchev–Trinajstić information content (AvgIpc) is 2.86. The summed E-state index contributed by atoms with van der Waals surface area (Å²) in [6.07, 6.45) is 7.71. The number of nitrogens with zero attached hydrogens (tertiary/aromatic N) is 2. The zero-order valence-corrected chi connectivity index (χ0v) is 8.12. The van der Waals surface area contributed by atoms with Gasteiger partial charge in [0.15, 0.2) is 0 Å². The Morgan fingerprint density at radius 2 is 2.15 bits per heavy atom. The van der Waals surface area contributed by atoms with Crippen molar-refractivity contribution in [1.82, 2.24) is 15.3 Å². The zero-order chi connectivity index (χ0) is 9.31. The smallest absolute Gasteiger partial charge is 0.0787 e. The fourth-order valence-corrected chi connectivity index (χ4v) is 1.70. The van der Waals surface area contributed by atoms with E-state index in [1.165, 1.54) is 12.8 Å². The van der Waals surface area contributed by atoms with E-state index in [2.05, 4.69) is 29.1 Å². The largest absolute Gasteiger partial charge is 0.304 e. The lowest BCUT2D eigenvalue weighted by molar-refractivity contribution is 0.451. The minimum absolute atomic E-state index is 0.141. The quantitative estimate of drug-likeness (QED) is 0.759. The first-order valence-electron chi connectivity index (χ1n) is 4.77. The summed E-state index contributed by atoms with van der Waals surface area (Å²) in [5, 5.41) is 3.54. The number of rotatable bonds is 3. The molecule has 3 heteroatoms. The first-order valence-corrected chi connectivity index (χ1v) is 4.77. The molecule has 0 radical (unpaired) electrons. The Balaban J connectivity index is 2.16. The van der Waals surface area contributed by atoms with Crippen LogP contribution in [0.1, 0.15) is 32.4 Å². The highest BCUT2D eigenvalue weighted by Crippen LogP contribution is 2.44. The Morgan fingerprint density at radius 1 is 1.38 bits per heavy atom. The van der Waals surface area contributed by atoms with Gasteiger partial charge in [0.1, 0.15) is 0 Å². The molecule has 1 saturated carbocycles. The third-order valence-corrected chi connectivity index (χ3v) is 2.37. The molecule has 0 spiro atoms. The molecule has 70 valence electrons. The second-order valence-corrected chi connectivity index (χ2v) is 3.97. The molecule has 1 heterocycles. The number of aromatic nitrogens is 2. The molecule has 3 nitrogen and oxygen atoms in total. The monoisotopic (exact) mass is 177 g/mol. The van der Waals surface area contributed by atoms with Gasteiger partial charge in [0.05, 0.1) is 17.4 Å². The predicted molar refractivity (Wildman–Crippen MR) is 51.2 cm³/mol. The number of hydrogen-bond donors (Lipinski definition) is 1. The van der Waals surface area contributed by atoms with E-state index in [0.717, 1.165) is 5.69 Å². The van der Waals surface area contributed by atoms with E-state index >= 15 is 0 Å². The summed E-state index contributed by atoms with van der Waals surface area (Å²) < 4.78 is 0. The van der Waals surface area contributed by atoms with E-state index in [9.17, 15) is 0 Å². The van der Waals surface area contributed by atoms with Gasteiger partial charge in [-0.2, -0.15) is 0 Å². The van der Waals surface area contributed by atoms with Crippen molar-refractivity contribution in [2.75, 3.05) is 0 Å². The van der Waals surface area contributed by atoms with Crippen LogP contribution in [-0.2, 0) is 5.54 Å². The first kappa shape index (κ1) is 8.63. The lowest BCUT2D eigenvalue weighted by Gasteiger charge is -2.18. The summed E-state index contributed by atoms with van der Waals surface area (Å²) in [4.78, 5) is 8.44. The molecule has 0 amide bonds. The van der Waals surface area contributed by atoms with Gasteiger partial charge in [-0.3, -0.25) is 9.97 Å². The van der Waals surface area contributed by atoms with Gasteiger partial charge in [-0.1, -0.05) is 0 Å². The Morgan fingerprint density at radius 3 is 2.62 bits per heavy atom. The highest BCUT2D eigenvalue weighted by Gasteiger charge is 2.45. The van der Waals surface area contributed by atoms with E-state index < -0.39 is 0 Å². The maximum absolute atomic E-state index is 4.34. The molecule has 0 aromatic carbocycles. The molecule has 1 fully saturated rings. The number of nitrogens with one attached hydrogen (secondary N) is 1. The Labute approximate surface area is 78.6 Å². The predicted octanol–water partition coefficient (Wildman–Crippen LogP) is 1.46. The van der Waals surface area contributed by atoms with Gasteiger partial charge in [0.2, 0.25) is 0 Å². The standard InChI is InChI=1S/C10H15N3/c1-8(2)13-10(3-4-10)9-7-11-5-6-12-9/h5-8,13H,3-4H2,1-2H3. The summed E-state index contributed by atoms with van der Waals surface area (Å²) in [6, 6.07) is 0.504. The normalized spacial score (nSPS) is 19.0. The lowest BCUT2D eigenvalue weighted by atomic mass is 10.1. The van der Waals surface area contributed by atoms with Crippen LogP contribution in [0.25, 0.3) is 0 Å². The van der Waals surface area contributed by atoms with Gasteiger partial charge in [-0.05, 0) is 26.7 Å². The molecule has 2 rings (SSSR count). The van der Waals surface area contributed by atoms with E-state index in [4.69, 9.17) is 0 Å². The van der Waals surface area contributed by atoms with E-state index in [1.54, 1.807) is 12.4 Å². The van der Waals surface area contributed by atoms with Crippen molar-refractivity contribution >= 4 is 0 Å². The maximum atomic E-state index is 4.34. The number of hydrogen-bond acceptors (Lipinski definition) is 3. The molecule has 0 unspecified atom stereocenters. The first-order chi connectivity index (χ1) is 6.23. The highest BCUT2D eigenvalue weighted by molar-refractivity contribution is 5.20. The maximum Gasteiger partial charge on any atom is 0.0787 e. The van der Waals surface area contributed by atoms with Crippen molar-refractivity contribution in [2.24, 2.45) is 0 Å². The molecule has 1 aliphatic carbocycles. The Hall–Kier alpha value is -0.960. The minimum Gasteiger partial charge on any atom is -0.304 e. The van der Waals surface area contributed by atoms with Crippen LogP contribution in [0.4, 0.5) is 0 Å². The summed E-state index contributed by atoms with van der Waals surface area (Å²) in [5.74, 6) is 0. The van der Waals surface area contributed by atoms with Gasteiger partial charge in [0.25, 0.3) is 0 Å². The van der Waals surface area contributed by atoms with Crippen LogP contribution in [0.2, 0.25) is 0 Å². The summed E-state index contributed by atoms with van der Waals surface area (Å²) in [7, 11) is 0. The molecule has 0 bridgehead atoms. The highest BCUT2D eigenvalue weighted by atomic mass is 15.1. The second kappa shape index (κ2) is 3.07. The molecule has 1 aromatic heterocycles. The average molecular weight is 177 g/mol. The van der Waals surface area contributed by atoms with Crippen molar-refractivity contribution in [3.8, 4) is 0 Å². The Bertz CT molecular complexity index is 277. The Kier molecular flexibility index (Phi) is 2.04. The van der Waals surface area contributed by atoms with Gasteiger partial charge in [0, 0.05) is 18.4 Å². The van der Waals surface area contributed by atoms with Crippen LogP contribution in [0, 0.1) is 0 Å². The molecular weight excluding hydrogens is 162 g/mol. The summed E-state index contributed by atoms with van der Waals surface area (Å²) >= 11 is 0. The van der Waals surface area contributed by atoms with Gasteiger partial charge in [-0.15, -0.1) is 0 Å². The van der Waals surface area contributed by atoms with Crippen LogP contribution in [0.5, 0.6) is 0 Å². The van der Waals surface area contributed by atoms with Crippen molar-refractivity contribution < 1.29 is 0 Å². The molecule has 1 aliphatic rings. The molecule has 0 saturated heterocycles. The van der Waals surface area contributed by atoms with Crippen molar-refractivity contribution in [1.29, 1.82) is 0 Å². The van der Waals surface area contributed by atoms with Gasteiger partial charge < -0.3 is 5.32 Å². The molecule has 0 atom stereocenters. The van der Waals surface area contributed by atoms with E-state index in [1.807, 2.05) is 6.20 Å². The molecule has 0 aliphatic heterocycles.